The lowest BCUT2D eigenvalue weighted by Gasteiger charge is -2.41. The third-order valence-corrected chi connectivity index (χ3v) is 6.55. The molecule has 2 aromatic carbocycles. The number of ether oxygens (including phenoxy) is 1. The molecule has 0 radical (unpaired) electrons. The largest absolute Gasteiger partial charge is 0.487 e. The zero-order valence-electron chi connectivity index (χ0n) is 17.5. The summed E-state index contributed by atoms with van der Waals surface area (Å²) in [5.41, 5.74) is 3.13. The SMILES string of the molecule is CCC1(CC)C[C@@H](NC(=O)Nc2cccc3c2C[C@@H](O)CC3)c2cc(F)ccc2O1. The first-order chi connectivity index (χ1) is 14.4. The number of hydrogen-bond donors (Lipinski definition) is 3. The van der Waals surface area contributed by atoms with Crippen LogP contribution in [0.1, 0.15) is 62.3 Å². The third-order valence-electron chi connectivity index (χ3n) is 6.55. The molecule has 0 saturated carbocycles. The Hall–Kier alpha value is -2.60. The highest BCUT2D eigenvalue weighted by atomic mass is 19.1. The Morgan fingerprint density at radius 1 is 1.27 bits per heavy atom. The topological polar surface area (TPSA) is 70.6 Å². The van der Waals surface area contributed by atoms with Gasteiger partial charge >= 0.3 is 6.03 Å². The van der Waals surface area contributed by atoms with Crippen LogP contribution in [0.15, 0.2) is 36.4 Å². The lowest BCUT2D eigenvalue weighted by Crippen LogP contribution is -2.45. The second-order valence-electron chi connectivity index (χ2n) is 8.37. The molecule has 1 aliphatic carbocycles. The van der Waals surface area contributed by atoms with Crippen LogP contribution in [0.4, 0.5) is 14.9 Å². The first kappa shape index (κ1) is 20.7. The van der Waals surface area contributed by atoms with Gasteiger partial charge < -0.3 is 20.5 Å². The van der Waals surface area contributed by atoms with E-state index in [0.29, 0.717) is 29.8 Å². The number of carbonyl (C=O) groups is 1. The van der Waals surface area contributed by atoms with Crippen molar-refractivity contribution in [2.24, 2.45) is 0 Å². The fourth-order valence-electron chi connectivity index (χ4n) is 4.66. The van der Waals surface area contributed by atoms with Crippen LogP contribution in [0.2, 0.25) is 0 Å². The summed E-state index contributed by atoms with van der Waals surface area (Å²) >= 11 is 0. The van der Waals surface area contributed by atoms with E-state index in [9.17, 15) is 14.3 Å². The molecule has 0 spiro atoms. The van der Waals surface area contributed by atoms with Gasteiger partial charge in [-0.3, -0.25) is 0 Å². The van der Waals surface area contributed by atoms with Crippen LogP contribution in [0.25, 0.3) is 0 Å². The van der Waals surface area contributed by atoms with Crippen molar-refractivity contribution >= 4 is 11.7 Å². The van der Waals surface area contributed by atoms with Gasteiger partial charge in [-0.25, -0.2) is 9.18 Å². The van der Waals surface area contributed by atoms with E-state index < -0.39 is 5.60 Å². The number of aliphatic hydroxyl groups excluding tert-OH is 1. The zero-order chi connectivity index (χ0) is 21.3. The maximum Gasteiger partial charge on any atom is 0.319 e. The highest BCUT2D eigenvalue weighted by molar-refractivity contribution is 5.90. The molecule has 160 valence electrons. The van der Waals surface area contributed by atoms with Crippen molar-refractivity contribution in [2.45, 2.75) is 70.1 Å². The molecule has 1 heterocycles. The number of aryl methyl sites for hydroxylation is 1. The summed E-state index contributed by atoms with van der Waals surface area (Å²) in [6.07, 6.45) is 3.86. The zero-order valence-corrected chi connectivity index (χ0v) is 17.5. The number of hydrogen-bond acceptors (Lipinski definition) is 3. The van der Waals surface area contributed by atoms with Crippen LogP contribution in [-0.4, -0.2) is 22.8 Å². The van der Waals surface area contributed by atoms with Gasteiger partial charge in [0.2, 0.25) is 0 Å². The van der Waals surface area contributed by atoms with E-state index in [1.165, 1.54) is 12.1 Å². The van der Waals surface area contributed by atoms with Gasteiger partial charge in [0.1, 0.15) is 17.2 Å². The van der Waals surface area contributed by atoms with Crippen molar-refractivity contribution in [3.05, 3.63) is 58.9 Å². The molecule has 0 aromatic heterocycles. The number of benzene rings is 2. The Labute approximate surface area is 176 Å². The Kier molecular flexibility index (Phi) is 5.69. The predicted molar refractivity (Wildman–Crippen MR) is 114 cm³/mol. The summed E-state index contributed by atoms with van der Waals surface area (Å²) < 4.78 is 20.1. The highest BCUT2D eigenvalue weighted by Crippen LogP contribution is 2.43. The number of anilines is 1. The molecule has 2 amide bonds. The van der Waals surface area contributed by atoms with E-state index in [4.69, 9.17) is 4.74 Å². The van der Waals surface area contributed by atoms with Gasteiger partial charge in [-0.2, -0.15) is 0 Å². The van der Waals surface area contributed by atoms with E-state index in [0.717, 1.165) is 36.8 Å². The molecule has 30 heavy (non-hydrogen) atoms. The first-order valence-corrected chi connectivity index (χ1v) is 10.8. The van der Waals surface area contributed by atoms with Gasteiger partial charge in [0, 0.05) is 24.1 Å². The molecule has 6 heteroatoms. The number of halogens is 1. The Balaban J connectivity index is 1.57. The summed E-state index contributed by atoms with van der Waals surface area (Å²) in [6, 6.07) is 9.60. The molecule has 2 aromatic rings. The fourth-order valence-corrected chi connectivity index (χ4v) is 4.66. The van der Waals surface area contributed by atoms with Gasteiger partial charge in [-0.05, 0) is 61.1 Å². The van der Waals surface area contributed by atoms with Crippen LogP contribution in [0.3, 0.4) is 0 Å². The van der Waals surface area contributed by atoms with Crippen LogP contribution < -0.4 is 15.4 Å². The number of aliphatic hydroxyl groups is 1. The number of amides is 2. The maximum absolute atomic E-state index is 13.9. The molecular weight excluding hydrogens is 383 g/mol. The standard InChI is InChI=1S/C24H29FN2O3/c1-3-24(4-2)14-21(19-12-16(25)9-11-22(19)30-24)27-23(29)26-20-7-5-6-15-8-10-17(28)13-18(15)20/h5-7,9,11-12,17,21,28H,3-4,8,10,13-14H2,1-2H3,(H2,26,27,29)/t17-,21+/m0/s1. The molecule has 0 saturated heterocycles. The van der Waals surface area contributed by atoms with Crippen molar-refractivity contribution in [1.29, 1.82) is 0 Å². The van der Waals surface area contributed by atoms with Crippen molar-refractivity contribution in [2.75, 3.05) is 5.32 Å². The van der Waals surface area contributed by atoms with Gasteiger partial charge in [0.25, 0.3) is 0 Å². The van der Waals surface area contributed by atoms with Gasteiger partial charge in [-0.15, -0.1) is 0 Å². The summed E-state index contributed by atoms with van der Waals surface area (Å²) in [4.78, 5) is 12.9. The number of urea groups is 1. The van der Waals surface area contributed by atoms with Gasteiger partial charge in [0.05, 0.1) is 12.1 Å². The van der Waals surface area contributed by atoms with E-state index in [2.05, 4.69) is 24.5 Å². The first-order valence-electron chi connectivity index (χ1n) is 10.8. The monoisotopic (exact) mass is 412 g/mol. The van der Waals surface area contributed by atoms with Crippen LogP contribution in [-0.2, 0) is 12.8 Å². The second-order valence-corrected chi connectivity index (χ2v) is 8.37. The van der Waals surface area contributed by atoms with E-state index in [-0.39, 0.29) is 24.0 Å². The number of nitrogens with one attached hydrogen (secondary N) is 2. The van der Waals surface area contributed by atoms with Gasteiger partial charge in [-0.1, -0.05) is 26.0 Å². The van der Waals surface area contributed by atoms with Crippen molar-refractivity contribution in [1.82, 2.24) is 5.32 Å². The Morgan fingerprint density at radius 3 is 2.83 bits per heavy atom. The average molecular weight is 413 g/mol. The summed E-state index contributed by atoms with van der Waals surface area (Å²) in [7, 11) is 0. The predicted octanol–water partition coefficient (Wildman–Crippen LogP) is 4.88. The maximum atomic E-state index is 13.9. The molecule has 1 aliphatic heterocycles. The molecule has 5 nitrogen and oxygen atoms in total. The minimum Gasteiger partial charge on any atom is -0.487 e. The molecule has 0 fully saturated rings. The smallest absolute Gasteiger partial charge is 0.319 e. The minimum absolute atomic E-state index is 0.341. The van der Waals surface area contributed by atoms with Crippen LogP contribution in [0.5, 0.6) is 5.75 Å². The number of fused-ring (bicyclic) bond motifs is 2. The highest BCUT2D eigenvalue weighted by Gasteiger charge is 2.39. The lowest BCUT2D eigenvalue weighted by molar-refractivity contribution is 0.0245. The number of carbonyl (C=O) groups excluding carboxylic acids is 1. The Morgan fingerprint density at radius 2 is 2.07 bits per heavy atom. The van der Waals surface area contributed by atoms with Crippen LogP contribution >= 0.6 is 0 Å². The van der Waals surface area contributed by atoms with E-state index in [1.54, 1.807) is 6.07 Å². The summed E-state index contributed by atoms with van der Waals surface area (Å²) in [6.45, 7) is 4.13. The summed E-state index contributed by atoms with van der Waals surface area (Å²) in [5, 5.41) is 16.0. The normalized spacial score (nSPS) is 21.7. The van der Waals surface area contributed by atoms with Crippen molar-refractivity contribution in [3.63, 3.8) is 0 Å². The molecule has 0 bridgehead atoms. The molecular formula is C24H29FN2O3. The van der Waals surface area contributed by atoms with Crippen molar-refractivity contribution < 1.29 is 19.0 Å². The quantitative estimate of drug-likeness (QED) is 0.670. The molecule has 3 N–H and O–H groups in total. The Bertz CT molecular complexity index is 942. The fraction of sp³-hybridized carbons (Fsp3) is 0.458. The second kappa shape index (κ2) is 8.26. The lowest BCUT2D eigenvalue weighted by atomic mass is 9.83. The average Bonchev–Trinajstić information content (AvgIpc) is 2.74. The minimum atomic E-state index is -0.390. The molecule has 4 rings (SSSR count). The molecule has 0 unspecified atom stereocenters. The van der Waals surface area contributed by atoms with Gasteiger partial charge in [0.15, 0.2) is 0 Å². The van der Waals surface area contributed by atoms with Crippen LogP contribution in [0, 0.1) is 5.82 Å². The van der Waals surface area contributed by atoms with E-state index in [1.807, 2.05) is 18.2 Å². The van der Waals surface area contributed by atoms with Crippen molar-refractivity contribution in [3.8, 4) is 5.75 Å². The van der Waals surface area contributed by atoms with E-state index >= 15 is 0 Å². The third kappa shape index (κ3) is 4.01. The molecule has 2 aliphatic rings. The summed E-state index contributed by atoms with van der Waals surface area (Å²) in [5.74, 6) is 0.271. The number of rotatable bonds is 4. The molecule has 2 atom stereocenters.